The molecule has 0 saturated carbocycles. The summed E-state index contributed by atoms with van der Waals surface area (Å²) in [5.74, 6) is 0.0965. The Bertz CT molecular complexity index is 674. The van der Waals surface area contributed by atoms with E-state index in [2.05, 4.69) is 12.0 Å². The van der Waals surface area contributed by atoms with Crippen LogP contribution in [-0.2, 0) is 6.42 Å². The van der Waals surface area contributed by atoms with E-state index in [0.29, 0.717) is 10.6 Å². The molecule has 1 saturated heterocycles. The van der Waals surface area contributed by atoms with E-state index in [1.54, 1.807) is 6.20 Å². The molecule has 116 valence electrons. The highest BCUT2D eigenvalue weighted by molar-refractivity contribution is 6.32. The van der Waals surface area contributed by atoms with Crippen molar-refractivity contribution in [3.05, 3.63) is 46.7 Å². The Morgan fingerprint density at radius 1 is 1.27 bits per heavy atom. The third kappa shape index (κ3) is 2.75. The number of carbonyl (C=O) groups excluding carboxylic acids is 1. The standard InChI is InChI=1S/C17H20ClN3O/c1-2-7-15-13(17(22)20-10-5-6-11-20)12-19-21(15)16-9-4-3-8-14(16)18/h3-4,8-9,12H,2,5-7,10-11H2,1H3. The minimum Gasteiger partial charge on any atom is -0.339 e. The summed E-state index contributed by atoms with van der Waals surface area (Å²) in [6, 6.07) is 7.60. The highest BCUT2D eigenvalue weighted by atomic mass is 35.5. The number of nitrogens with zero attached hydrogens (tertiary/aromatic N) is 3. The van der Waals surface area contributed by atoms with Gasteiger partial charge in [0.15, 0.2) is 0 Å². The second-order valence-corrected chi connectivity index (χ2v) is 6.02. The molecule has 5 heteroatoms. The third-order valence-electron chi connectivity index (χ3n) is 4.06. The second kappa shape index (κ2) is 6.53. The maximum Gasteiger partial charge on any atom is 0.257 e. The summed E-state index contributed by atoms with van der Waals surface area (Å²) in [7, 11) is 0. The fourth-order valence-corrected chi connectivity index (χ4v) is 3.17. The minimum absolute atomic E-state index is 0.0965. The smallest absolute Gasteiger partial charge is 0.257 e. The van der Waals surface area contributed by atoms with Crippen LogP contribution in [0.25, 0.3) is 5.69 Å². The van der Waals surface area contributed by atoms with E-state index in [0.717, 1.165) is 50.2 Å². The van der Waals surface area contributed by atoms with Crippen molar-refractivity contribution in [1.82, 2.24) is 14.7 Å². The van der Waals surface area contributed by atoms with Crippen molar-refractivity contribution in [3.8, 4) is 5.69 Å². The molecule has 1 aromatic heterocycles. The average Bonchev–Trinajstić information content (AvgIpc) is 3.17. The molecule has 1 amide bonds. The summed E-state index contributed by atoms with van der Waals surface area (Å²) in [5, 5.41) is 5.08. The lowest BCUT2D eigenvalue weighted by Crippen LogP contribution is -2.28. The number of rotatable bonds is 4. The summed E-state index contributed by atoms with van der Waals surface area (Å²) >= 11 is 6.29. The molecule has 0 bridgehead atoms. The van der Waals surface area contributed by atoms with Gasteiger partial charge in [-0.3, -0.25) is 4.79 Å². The van der Waals surface area contributed by atoms with Crippen molar-refractivity contribution in [2.24, 2.45) is 0 Å². The largest absolute Gasteiger partial charge is 0.339 e. The molecule has 1 aliphatic rings. The predicted molar refractivity (Wildman–Crippen MR) is 87.7 cm³/mol. The van der Waals surface area contributed by atoms with Crippen molar-refractivity contribution < 1.29 is 4.79 Å². The van der Waals surface area contributed by atoms with Crippen LogP contribution in [0.3, 0.4) is 0 Å². The van der Waals surface area contributed by atoms with Crippen LogP contribution in [0.4, 0.5) is 0 Å². The lowest BCUT2D eigenvalue weighted by Gasteiger charge is -2.16. The van der Waals surface area contributed by atoms with Gasteiger partial charge in [0.2, 0.25) is 0 Å². The fourth-order valence-electron chi connectivity index (χ4n) is 2.95. The van der Waals surface area contributed by atoms with Crippen molar-refractivity contribution in [3.63, 3.8) is 0 Å². The highest BCUT2D eigenvalue weighted by Crippen LogP contribution is 2.24. The van der Waals surface area contributed by atoms with Crippen molar-refractivity contribution in [1.29, 1.82) is 0 Å². The van der Waals surface area contributed by atoms with Gasteiger partial charge in [-0.25, -0.2) is 4.68 Å². The molecule has 2 aromatic rings. The summed E-state index contributed by atoms with van der Waals surface area (Å²) < 4.78 is 1.81. The molecule has 0 aliphatic carbocycles. The van der Waals surface area contributed by atoms with Crippen LogP contribution in [0, 0.1) is 0 Å². The number of aromatic nitrogens is 2. The molecule has 0 radical (unpaired) electrons. The molecular weight excluding hydrogens is 298 g/mol. The Hall–Kier alpha value is -1.81. The van der Waals surface area contributed by atoms with Gasteiger partial charge >= 0.3 is 0 Å². The van der Waals surface area contributed by atoms with E-state index in [4.69, 9.17) is 11.6 Å². The number of para-hydroxylation sites is 1. The number of hydrogen-bond donors (Lipinski definition) is 0. The molecule has 0 N–H and O–H groups in total. The highest BCUT2D eigenvalue weighted by Gasteiger charge is 2.25. The summed E-state index contributed by atoms with van der Waals surface area (Å²) in [5.41, 5.74) is 2.49. The molecule has 0 spiro atoms. The van der Waals surface area contributed by atoms with Crippen LogP contribution in [0.1, 0.15) is 42.2 Å². The average molecular weight is 318 g/mol. The zero-order valence-corrected chi connectivity index (χ0v) is 13.5. The summed E-state index contributed by atoms with van der Waals surface area (Å²) in [6.45, 7) is 3.80. The van der Waals surface area contributed by atoms with Crippen molar-refractivity contribution in [2.75, 3.05) is 13.1 Å². The SMILES string of the molecule is CCCc1c(C(=O)N2CCCC2)cnn1-c1ccccc1Cl. The zero-order chi connectivity index (χ0) is 15.5. The Morgan fingerprint density at radius 2 is 2.00 bits per heavy atom. The number of hydrogen-bond acceptors (Lipinski definition) is 2. The summed E-state index contributed by atoms with van der Waals surface area (Å²) in [4.78, 5) is 14.6. The van der Waals surface area contributed by atoms with Crippen LogP contribution in [0.2, 0.25) is 5.02 Å². The van der Waals surface area contributed by atoms with Gasteiger partial charge in [0, 0.05) is 13.1 Å². The monoisotopic (exact) mass is 317 g/mol. The Labute approximate surface area is 135 Å². The summed E-state index contributed by atoms with van der Waals surface area (Å²) in [6.07, 6.45) is 5.63. The van der Waals surface area contributed by atoms with Gasteiger partial charge < -0.3 is 4.90 Å². The molecule has 1 fully saturated rings. The van der Waals surface area contributed by atoms with Gasteiger partial charge in [-0.05, 0) is 31.4 Å². The molecule has 1 aliphatic heterocycles. The first-order chi connectivity index (χ1) is 10.7. The second-order valence-electron chi connectivity index (χ2n) is 5.62. The zero-order valence-electron chi connectivity index (χ0n) is 12.8. The number of carbonyl (C=O) groups is 1. The van der Waals surface area contributed by atoms with Crippen molar-refractivity contribution in [2.45, 2.75) is 32.6 Å². The third-order valence-corrected chi connectivity index (χ3v) is 4.38. The quantitative estimate of drug-likeness (QED) is 0.862. The molecule has 2 heterocycles. The first kappa shape index (κ1) is 15.1. The van der Waals surface area contributed by atoms with Gasteiger partial charge in [-0.2, -0.15) is 5.10 Å². The predicted octanol–water partition coefficient (Wildman–Crippen LogP) is 3.71. The number of benzene rings is 1. The normalized spacial score (nSPS) is 14.5. The van der Waals surface area contributed by atoms with Gasteiger partial charge in [-0.1, -0.05) is 37.1 Å². The molecule has 22 heavy (non-hydrogen) atoms. The molecule has 0 atom stereocenters. The van der Waals surface area contributed by atoms with E-state index in [1.807, 2.05) is 33.8 Å². The molecule has 1 aromatic carbocycles. The molecule has 0 unspecified atom stereocenters. The van der Waals surface area contributed by atoms with Crippen LogP contribution >= 0.6 is 11.6 Å². The van der Waals surface area contributed by atoms with Crippen LogP contribution in [-0.4, -0.2) is 33.7 Å². The minimum atomic E-state index is 0.0965. The van der Waals surface area contributed by atoms with E-state index >= 15 is 0 Å². The number of halogens is 1. The molecular formula is C17H20ClN3O. The van der Waals surface area contributed by atoms with Gasteiger partial charge in [0.1, 0.15) is 0 Å². The first-order valence-electron chi connectivity index (χ1n) is 7.83. The molecule has 4 nitrogen and oxygen atoms in total. The lowest BCUT2D eigenvalue weighted by molar-refractivity contribution is 0.0791. The Morgan fingerprint density at radius 3 is 2.68 bits per heavy atom. The van der Waals surface area contributed by atoms with Gasteiger partial charge in [0.25, 0.3) is 5.91 Å². The van der Waals surface area contributed by atoms with E-state index < -0.39 is 0 Å². The number of amides is 1. The lowest BCUT2D eigenvalue weighted by atomic mass is 10.1. The topological polar surface area (TPSA) is 38.1 Å². The fraction of sp³-hybridized carbons (Fsp3) is 0.412. The van der Waals surface area contributed by atoms with E-state index in [1.165, 1.54) is 0 Å². The number of likely N-dealkylation sites (tertiary alicyclic amines) is 1. The first-order valence-corrected chi connectivity index (χ1v) is 8.21. The Kier molecular flexibility index (Phi) is 4.48. The van der Waals surface area contributed by atoms with Gasteiger partial charge in [0.05, 0.1) is 28.2 Å². The van der Waals surface area contributed by atoms with Gasteiger partial charge in [-0.15, -0.1) is 0 Å². The van der Waals surface area contributed by atoms with Crippen LogP contribution < -0.4 is 0 Å². The maximum atomic E-state index is 12.7. The Balaban J connectivity index is 2.02. The van der Waals surface area contributed by atoms with E-state index in [9.17, 15) is 4.79 Å². The molecule has 3 rings (SSSR count). The van der Waals surface area contributed by atoms with Crippen LogP contribution in [0.5, 0.6) is 0 Å². The van der Waals surface area contributed by atoms with Crippen LogP contribution in [0.15, 0.2) is 30.5 Å². The van der Waals surface area contributed by atoms with Crippen molar-refractivity contribution >= 4 is 17.5 Å². The van der Waals surface area contributed by atoms with E-state index in [-0.39, 0.29) is 5.91 Å². The maximum absolute atomic E-state index is 12.7.